The lowest BCUT2D eigenvalue weighted by Gasteiger charge is -2.32. The highest BCUT2D eigenvalue weighted by Gasteiger charge is 2.28. The van der Waals surface area contributed by atoms with Crippen LogP contribution in [-0.4, -0.2) is 14.5 Å². The van der Waals surface area contributed by atoms with Crippen LogP contribution in [0.1, 0.15) is 25.8 Å². The summed E-state index contributed by atoms with van der Waals surface area (Å²) in [4.78, 5) is 0. The van der Waals surface area contributed by atoms with Crippen LogP contribution in [0.25, 0.3) is 0 Å². The maximum absolute atomic E-state index is 5.69. The van der Waals surface area contributed by atoms with Gasteiger partial charge < -0.3 is 4.74 Å². The van der Waals surface area contributed by atoms with Crippen molar-refractivity contribution in [2.24, 2.45) is 0 Å². The van der Waals surface area contributed by atoms with Crippen molar-refractivity contribution in [1.29, 1.82) is 0 Å². The van der Waals surface area contributed by atoms with Crippen molar-refractivity contribution in [3.05, 3.63) is 23.8 Å². The molecule has 0 N–H and O–H groups in total. The van der Waals surface area contributed by atoms with Crippen molar-refractivity contribution in [3.8, 4) is 5.75 Å². The Morgan fingerprint density at radius 3 is 2.92 bits per heavy atom. The van der Waals surface area contributed by atoms with Crippen molar-refractivity contribution in [2.75, 3.05) is 6.61 Å². The van der Waals surface area contributed by atoms with Gasteiger partial charge in [-0.05, 0) is 23.5 Å². The first-order chi connectivity index (χ1) is 6.09. The molecule has 1 nitrogen and oxygen atoms in total. The Balaban J connectivity index is 2.53. The molecule has 66 valence electrons. The molecule has 2 radical (unpaired) electrons. The molecule has 1 aliphatic rings. The van der Waals surface area contributed by atoms with Crippen LogP contribution >= 0.6 is 0 Å². The zero-order chi connectivity index (χ0) is 9.47. The van der Waals surface area contributed by atoms with Crippen molar-refractivity contribution in [1.82, 2.24) is 0 Å². The largest absolute Gasteiger partial charge is 0.493 e. The quantitative estimate of drug-likeness (QED) is 0.539. The highest BCUT2D eigenvalue weighted by atomic mass is 16.5. The smallest absolute Gasteiger partial charge is 0.122 e. The third-order valence-electron chi connectivity index (χ3n) is 2.72. The van der Waals surface area contributed by atoms with E-state index in [0.29, 0.717) is 0 Å². The third-order valence-corrected chi connectivity index (χ3v) is 2.72. The summed E-state index contributed by atoms with van der Waals surface area (Å²) in [6.45, 7) is 5.28. The summed E-state index contributed by atoms with van der Waals surface area (Å²) in [5.74, 6) is 0.955. The van der Waals surface area contributed by atoms with E-state index in [9.17, 15) is 0 Å². The number of benzene rings is 1. The topological polar surface area (TPSA) is 9.23 Å². The van der Waals surface area contributed by atoms with Crippen molar-refractivity contribution < 1.29 is 4.74 Å². The second-order valence-electron chi connectivity index (χ2n) is 4.24. The molecule has 0 fully saturated rings. The van der Waals surface area contributed by atoms with E-state index in [0.717, 1.165) is 24.2 Å². The highest BCUT2D eigenvalue weighted by Crippen LogP contribution is 2.37. The molecule has 0 bridgehead atoms. The van der Waals surface area contributed by atoms with E-state index in [-0.39, 0.29) is 5.41 Å². The van der Waals surface area contributed by atoms with E-state index in [1.165, 1.54) is 5.56 Å². The molecule has 1 heterocycles. The molecule has 1 aromatic rings. The standard InChI is InChI=1S/C11H13BO/c1-11(2)5-6-13-10-7-8(12)3-4-9(10)11/h3-4,7H,5-6H2,1-2H3. The van der Waals surface area contributed by atoms with Crippen LogP contribution in [-0.2, 0) is 5.41 Å². The normalized spacial score (nSPS) is 18.9. The molecule has 0 aliphatic carbocycles. The fraction of sp³-hybridized carbons (Fsp3) is 0.455. The van der Waals surface area contributed by atoms with Gasteiger partial charge in [-0.25, -0.2) is 0 Å². The SMILES string of the molecule is [B]c1ccc2c(c1)OCCC2(C)C. The molecule has 1 aliphatic heterocycles. The van der Waals surface area contributed by atoms with Gasteiger partial charge in [-0.2, -0.15) is 0 Å². The Hall–Kier alpha value is -0.915. The third kappa shape index (κ3) is 1.45. The van der Waals surface area contributed by atoms with Gasteiger partial charge in [-0.1, -0.05) is 31.4 Å². The Morgan fingerprint density at radius 2 is 2.15 bits per heavy atom. The lowest BCUT2D eigenvalue weighted by atomic mass is 9.78. The van der Waals surface area contributed by atoms with Crippen molar-refractivity contribution >= 4 is 13.3 Å². The van der Waals surface area contributed by atoms with Gasteiger partial charge in [0.05, 0.1) is 6.61 Å². The minimum atomic E-state index is 0.223. The first kappa shape index (κ1) is 8.67. The summed E-state index contributed by atoms with van der Waals surface area (Å²) in [7, 11) is 5.69. The van der Waals surface area contributed by atoms with E-state index < -0.39 is 0 Å². The minimum Gasteiger partial charge on any atom is -0.493 e. The fourth-order valence-electron chi connectivity index (χ4n) is 1.77. The van der Waals surface area contributed by atoms with Crippen molar-refractivity contribution in [2.45, 2.75) is 25.7 Å². The maximum atomic E-state index is 5.69. The molecule has 0 saturated carbocycles. The average molecular weight is 172 g/mol. The van der Waals surface area contributed by atoms with Gasteiger partial charge in [0.25, 0.3) is 0 Å². The molecule has 0 aromatic heterocycles. The van der Waals surface area contributed by atoms with Gasteiger partial charge in [-0.15, -0.1) is 0 Å². The molecule has 0 saturated heterocycles. The summed E-state index contributed by atoms with van der Waals surface area (Å²) in [6.07, 6.45) is 1.07. The number of hydrogen-bond acceptors (Lipinski definition) is 1. The molecule has 0 amide bonds. The minimum absolute atomic E-state index is 0.223. The molecule has 0 spiro atoms. The zero-order valence-corrected chi connectivity index (χ0v) is 8.13. The molecular formula is C11H13BO. The van der Waals surface area contributed by atoms with E-state index in [1.807, 2.05) is 12.1 Å². The summed E-state index contributed by atoms with van der Waals surface area (Å²) in [6, 6.07) is 5.93. The second-order valence-corrected chi connectivity index (χ2v) is 4.24. The summed E-state index contributed by atoms with van der Waals surface area (Å²) < 4.78 is 5.56. The van der Waals surface area contributed by atoms with Crippen molar-refractivity contribution in [3.63, 3.8) is 0 Å². The van der Waals surface area contributed by atoms with Crippen LogP contribution in [0.3, 0.4) is 0 Å². The Labute approximate surface area is 80.5 Å². The van der Waals surface area contributed by atoms with Crippen LogP contribution in [0, 0.1) is 0 Å². The molecule has 0 atom stereocenters. The first-order valence-corrected chi connectivity index (χ1v) is 4.62. The summed E-state index contributed by atoms with van der Waals surface area (Å²) in [5, 5.41) is 0. The molecule has 1 aromatic carbocycles. The van der Waals surface area contributed by atoms with E-state index >= 15 is 0 Å². The summed E-state index contributed by atoms with van der Waals surface area (Å²) >= 11 is 0. The Morgan fingerprint density at radius 1 is 1.38 bits per heavy atom. The summed E-state index contributed by atoms with van der Waals surface area (Å²) in [5.41, 5.74) is 2.27. The lowest BCUT2D eigenvalue weighted by Crippen LogP contribution is -2.27. The van der Waals surface area contributed by atoms with Crippen LogP contribution in [0.4, 0.5) is 0 Å². The number of hydrogen-bond donors (Lipinski definition) is 0. The fourth-order valence-corrected chi connectivity index (χ4v) is 1.77. The van der Waals surface area contributed by atoms with E-state index in [1.54, 1.807) is 0 Å². The molecular weight excluding hydrogens is 159 g/mol. The van der Waals surface area contributed by atoms with Crippen LogP contribution in [0.15, 0.2) is 18.2 Å². The average Bonchev–Trinajstić information content (AvgIpc) is 2.02. The van der Waals surface area contributed by atoms with Crippen LogP contribution in [0.2, 0.25) is 0 Å². The van der Waals surface area contributed by atoms with Gasteiger partial charge in [0.2, 0.25) is 0 Å². The van der Waals surface area contributed by atoms with Crippen LogP contribution in [0.5, 0.6) is 5.75 Å². The Bertz CT molecular complexity index is 331. The molecule has 2 heteroatoms. The van der Waals surface area contributed by atoms with Gasteiger partial charge in [0.1, 0.15) is 13.6 Å². The molecule has 0 unspecified atom stereocenters. The van der Waals surface area contributed by atoms with Gasteiger partial charge in [0, 0.05) is 0 Å². The van der Waals surface area contributed by atoms with Gasteiger partial charge >= 0.3 is 0 Å². The predicted octanol–water partition coefficient (Wildman–Crippen LogP) is 1.54. The predicted molar refractivity (Wildman–Crippen MR) is 55.0 cm³/mol. The molecule has 13 heavy (non-hydrogen) atoms. The Kier molecular flexibility index (Phi) is 1.86. The first-order valence-electron chi connectivity index (χ1n) is 4.62. The van der Waals surface area contributed by atoms with E-state index in [4.69, 9.17) is 12.6 Å². The number of ether oxygens (including phenoxy) is 1. The molecule has 2 rings (SSSR count). The monoisotopic (exact) mass is 172 g/mol. The van der Waals surface area contributed by atoms with Gasteiger partial charge in [-0.3, -0.25) is 0 Å². The highest BCUT2D eigenvalue weighted by molar-refractivity contribution is 6.32. The van der Waals surface area contributed by atoms with Crippen LogP contribution < -0.4 is 10.2 Å². The number of fused-ring (bicyclic) bond motifs is 1. The second kappa shape index (κ2) is 2.79. The maximum Gasteiger partial charge on any atom is 0.122 e. The van der Waals surface area contributed by atoms with E-state index in [2.05, 4.69) is 19.9 Å². The van der Waals surface area contributed by atoms with Gasteiger partial charge in [0.15, 0.2) is 0 Å². The zero-order valence-electron chi connectivity index (χ0n) is 8.13. The lowest BCUT2D eigenvalue weighted by molar-refractivity contribution is 0.234. The number of rotatable bonds is 0.